The van der Waals surface area contributed by atoms with Crippen molar-refractivity contribution < 1.29 is 0 Å². The quantitative estimate of drug-likeness (QED) is 0.673. The van der Waals surface area contributed by atoms with Crippen LogP contribution in [0.1, 0.15) is 11.1 Å². The van der Waals surface area contributed by atoms with Crippen LogP contribution in [-0.4, -0.2) is 28.5 Å². The number of pyridine rings is 1. The second kappa shape index (κ2) is 4.86. The Bertz CT molecular complexity index is 806. The van der Waals surface area contributed by atoms with Crippen LogP contribution in [0.4, 0.5) is 5.82 Å². The maximum atomic E-state index is 4.61. The minimum absolute atomic E-state index is 0.743. The van der Waals surface area contributed by atoms with Crippen molar-refractivity contribution in [1.29, 1.82) is 0 Å². The van der Waals surface area contributed by atoms with E-state index in [1.165, 1.54) is 11.1 Å². The molecule has 0 aliphatic carbocycles. The molecule has 0 radical (unpaired) electrons. The molecule has 0 spiro atoms. The van der Waals surface area contributed by atoms with E-state index in [9.17, 15) is 0 Å². The molecule has 3 heterocycles. The number of rotatable bonds is 2. The van der Waals surface area contributed by atoms with Crippen LogP contribution >= 0.6 is 0 Å². The van der Waals surface area contributed by atoms with Gasteiger partial charge in [-0.2, -0.15) is 0 Å². The number of H-pyrrole nitrogens is 1. The first-order valence-electron chi connectivity index (χ1n) is 7.21. The Morgan fingerprint density at radius 2 is 2.05 bits per heavy atom. The van der Waals surface area contributed by atoms with Gasteiger partial charge in [-0.1, -0.05) is 12.1 Å². The highest BCUT2D eigenvalue weighted by atomic mass is 15.0. The lowest BCUT2D eigenvalue weighted by atomic mass is 9.98. The monoisotopic (exact) mass is 279 g/mol. The average Bonchev–Trinajstić information content (AvgIpc) is 2.97. The van der Waals surface area contributed by atoms with Crippen LogP contribution in [0.5, 0.6) is 0 Å². The normalized spacial score (nSPS) is 14.1. The van der Waals surface area contributed by atoms with Gasteiger partial charge in [0.1, 0.15) is 11.6 Å². The Balaban J connectivity index is 1.78. The van der Waals surface area contributed by atoms with Gasteiger partial charge in [0.05, 0.1) is 5.52 Å². The van der Waals surface area contributed by atoms with Crippen molar-refractivity contribution in [3.8, 4) is 11.4 Å². The van der Waals surface area contributed by atoms with Crippen molar-refractivity contribution in [3.63, 3.8) is 0 Å². The lowest BCUT2D eigenvalue weighted by Gasteiger charge is -2.17. The molecule has 106 valence electrons. The van der Waals surface area contributed by atoms with Crippen LogP contribution in [0.15, 0.2) is 30.3 Å². The van der Waals surface area contributed by atoms with E-state index in [-0.39, 0.29) is 0 Å². The van der Waals surface area contributed by atoms with Crippen molar-refractivity contribution in [2.75, 3.05) is 18.9 Å². The van der Waals surface area contributed by atoms with Crippen molar-refractivity contribution >= 4 is 17.0 Å². The molecule has 0 unspecified atom stereocenters. The molecular formula is C16H17N5. The molecule has 5 nitrogen and oxygen atoms in total. The molecule has 0 saturated heterocycles. The molecule has 0 saturated carbocycles. The molecule has 1 aliphatic rings. The van der Waals surface area contributed by atoms with Gasteiger partial charge in [0, 0.05) is 19.2 Å². The minimum atomic E-state index is 0.743. The number of nitrogens with zero attached hydrogens (tertiary/aromatic N) is 2. The van der Waals surface area contributed by atoms with E-state index in [1.54, 1.807) is 0 Å². The number of benzene rings is 1. The lowest BCUT2D eigenvalue weighted by Crippen LogP contribution is -2.23. The van der Waals surface area contributed by atoms with Gasteiger partial charge >= 0.3 is 0 Å². The van der Waals surface area contributed by atoms with Gasteiger partial charge in [-0.15, -0.1) is 0 Å². The number of anilines is 1. The molecule has 0 amide bonds. The van der Waals surface area contributed by atoms with Gasteiger partial charge in [0.15, 0.2) is 5.65 Å². The fourth-order valence-electron chi connectivity index (χ4n) is 2.80. The Morgan fingerprint density at radius 1 is 1.10 bits per heavy atom. The largest absolute Gasteiger partial charge is 0.373 e. The van der Waals surface area contributed by atoms with Crippen molar-refractivity contribution in [1.82, 2.24) is 20.3 Å². The third kappa shape index (κ3) is 2.15. The molecule has 4 rings (SSSR count). The summed E-state index contributed by atoms with van der Waals surface area (Å²) in [6, 6.07) is 10.5. The topological polar surface area (TPSA) is 65.6 Å². The smallest absolute Gasteiger partial charge is 0.180 e. The fraction of sp³-hybridized carbons (Fsp3) is 0.250. The summed E-state index contributed by atoms with van der Waals surface area (Å²) in [5, 5.41) is 6.45. The van der Waals surface area contributed by atoms with Gasteiger partial charge in [0.25, 0.3) is 0 Å². The van der Waals surface area contributed by atoms with E-state index in [2.05, 4.69) is 43.8 Å². The second-order valence-corrected chi connectivity index (χ2v) is 5.31. The van der Waals surface area contributed by atoms with Gasteiger partial charge < -0.3 is 15.6 Å². The molecule has 5 heteroatoms. The Labute approximate surface area is 122 Å². The zero-order valence-electron chi connectivity index (χ0n) is 11.9. The summed E-state index contributed by atoms with van der Waals surface area (Å²) in [6.45, 7) is 2.00. The van der Waals surface area contributed by atoms with Crippen molar-refractivity contribution in [3.05, 3.63) is 41.5 Å². The maximum Gasteiger partial charge on any atom is 0.180 e. The van der Waals surface area contributed by atoms with Gasteiger partial charge in [-0.25, -0.2) is 9.97 Å². The first-order chi connectivity index (χ1) is 10.3. The summed E-state index contributed by atoms with van der Waals surface area (Å²) in [7, 11) is 1.86. The summed E-state index contributed by atoms with van der Waals surface area (Å²) in [6.07, 6.45) is 1.10. The van der Waals surface area contributed by atoms with Crippen molar-refractivity contribution in [2.24, 2.45) is 0 Å². The third-order valence-electron chi connectivity index (χ3n) is 3.97. The van der Waals surface area contributed by atoms with E-state index in [4.69, 9.17) is 0 Å². The number of aromatic amines is 1. The Hall–Kier alpha value is -2.40. The average molecular weight is 279 g/mol. The van der Waals surface area contributed by atoms with Gasteiger partial charge in [0.2, 0.25) is 0 Å². The van der Waals surface area contributed by atoms with E-state index < -0.39 is 0 Å². The van der Waals surface area contributed by atoms with E-state index in [0.29, 0.717) is 0 Å². The Kier molecular flexibility index (Phi) is 2.86. The highest BCUT2D eigenvalue weighted by molar-refractivity contribution is 5.77. The lowest BCUT2D eigenvalue weighted by molar-refractivity contribution is 0.644. The maximum absolute atomic E-state index is 4.61. The standard InChI is InChI=1S/C16H17N5/c1-17-14-5-4-13-16(20-14)21-15(19-13)11-3-2-10-6-7-18-9-12(10)8-11/h2-5,8,18H,6-7,9H2,1H3,(H2,17,19,20,21). The third-order valence-corrected chi connectivity index (χ3v) is 3.97. The predicted octanol–water partition coefficient (Wildman–Crippen LogP) is 2.31. The van der Waals surface area contributed by atoms with Crippen LogP contribution in [0.25, 0.3) is 22.6 Å². The van der Waals surface area contributed by atoms with Crippen LogP contribution in [-0.2, 0) is 13.0 Å². The highest BCUT2D eigenvalue weighted by Gasteiger charge is 2.12. The molecule has 2 aromatic heterocycles. The van der Waals surface area contributed by atoms with Gasteiger partial charge in [-0.05, 0) is 42.3 Å². The summed E-state index contributed by atoms with van der Waals surface area (Å²) in [5.74, 6) is 1.70. The molecule has 0 atom stereocenters. The fourth-order valence-corrected chi connectivity index (χ4v) is 2.80. The molecule has 1 aliphatic heterocycles. The van der Waals surface area contributed by atoms with E-state index in [0.717, 1.165) is 47.9 Å². The molecule has 21 heavy (non-hydrogen) atoms. The SMILES string of the molecule is CNc1ccc2[nH]c(-c3ccc4c(c3)CNCC4)nc2n1. The number of nitrogens with one attached hydrogen (secondary N) is 3. The zero-order valence-corrected chi connectivity index (χ0v) is 11.9. The minimum Gasteiger partial charge on any atom is -0.373 e. The van der Waals surface area contributed by atoms with Crippen molar-refractivity contribution in [2.45, 2.75) is 13.0 Å². The molecule has 0 bridgehead atoms. The number of fused-ring (bicyclic) bond motifs is 2. The summed E-state index contributed by atoms with van der Waals surface area (Å²) >= 11 is 0. The van der Waals surface area contributed by atoms with Crippen LogP contribution < -0.4 is 10.6 Å². The summed E-state index contributed by atoms with van der Waals surface area (Å²) in [5.41, 5.74) is 5.61. The molecule has 0 fully saturated rings. The predicted molar refractivity (Wildman–Crippen MR) is 84.3 cm³/mol. The summed E-state index contributed by atoms with van der Waals surface area (Å²) < 4.78 is 0. The summed E-state index contributed by atoms with van der Waals surface area (Å²) in [4.78, 5) is 12.4. The molecule has 1 aromatic carbocycles. The number of hydrogen-bond donors (Lipinski definition) is 3. The zero-order chi connectivity index (χ0) is 14.2. The first kappa shape index (κ1) is 12.3. The van der Waals surface area contributed by atoms with Crippen LogP contribution in [0.3, 0.4) is 0 Å². The molecular weight excluding hydrogens is 262 g/mol. The number of imidazole rings is 1. The molecule has 3 N–H and O–H groups in total. The van der Waals surface area contributed by atoms with Crippen LogP contribution in [0.2, 0.25) is 0 Å². The van der Waals surface area contributed by atoms with Gasteiger partial charge in [-0.3, -0.25) is 0 Å². The first-order valence-corrected chi connectivity index (χ1v) is 7.21. The molecule has 3 aromatic rings. The van der Waals surface area contributed by atoms with Crippen LogP contribution in [0, 0.1) is 0 Å². The number of hydrogen-bond acceptors (Lipinski definition) is 4. The Morgan fingerprint density at radius 3 is 2.95 bits per heavy atom. The second-order valence-electron chi connectivity index (χ2n) is 5.31. The van der Waals surface area contributed by atoms with E-state index >= 15 is 0 Å². The highest BCUT2D eigenvalue weighted by Crippen LogP contribution is 2.24. The van der Waals surface area contributed by atoms with E-state index in [1.807, 2.05) is 19.2 Å². The number of aromatic nitrogens is 3.